The van der Waals surface area contributed by atoms with Crippen molar-refractivity contribution in [1.29, 1.82) is 0 Å². The minimum Gasteiger partial charge on any atom is -0.456 e. The number of benzene rings is 3. The number of esters is 1. The standard InChI is InChI=1S/C43H50N2O5/c1-7-10-11-12-13-14-15-20-39(32-24-37(46)29(6)23-38(32)47)50-43(48)31-19-17-16-18-30(31)42-33-21-27(4)35(44-8-2)25-40(33)49-41-26-36(45-9-3)28(5)22-34(41)42/h16-19,21-26,39,44H,7-15,20H2,1-6H3/p+1. The van der Waals surface area contributed by atoms with Gasteiger partial charge >= 0.3 is 5.97 Å². The van der Waals surface area contributed by atoms with Crippen LogP contribution in [0.1, 0.15) is 101 Å². The second-order valence-electron chi connectivity index (χ2n) is 13.4. The fourth-order valence-electron chi connectivity index (χ4n) is 6.82. The first-order valence-electron chi connectivity index (χ1n) is 18.3. The van der Waals surface area contributed by atoms with Crippen LogP contribution in [0, 0.1) is 13.8 Å². The van der Waals surface area contributed by atoms with Gasteiger partial charge in [-0.05, 0) is 88.9 Å². The maximum atomic E-state index is 14.3. The Morgan fingerprint density at radius 3 is 2.32 bits per heavy atom. The number of fused-ring (bicyclic) bond motifs is 2. The summed E-state index contributed by atoms with van der Waals surface area (Å²) in [6.45, 7) is 13.6. The SMILES string of the molecule is CCCCCCCCCC(OC(=O)c1ccccc1-c1c2cc(C)c(=[NH+]CC)cc-2oc2cc(NCC)c(C)cc12)C1=CC(=O)C(C)=CC1=O. The molecule has 1 aliphatic heterocycles. The Bertz CT molecular complexity index is 2000. The number of hydrogen-bond donors (Lipinski definition) is 2. The lowest BCUT2D eigenvalue weighted by atomic mass is 9.89. The zero-order valence-corrected chi connectivity index (χ0v) is 30.5. The summed E-state index contributed by atoms with van der Waals surface area (Å²) in [7, 11) is 0. The van der Waals surface area contributed by atoms with Crippen LogP contribution in [-0.2, 0) is 14.3 Å². The number of carbonyl (C=O) groups excluding carboxylic acids is 3. The minimum absolute atomic E-state index is 0.230. The average Bonchev–Trinajstić information content (AvgIpc) is 3.09. The van der Waals surface area contributed by atoms with Gasteiger partial charge in [0.1, 0.15) is 24.0 Å². The molecule has 2 aromatic carbocycles. The highest BCUT2D eigenvalue weighted by Gasteiger charge is 2.30. The van der Waals surface area contributed by atoms with Crippen molar-refractivity contribution in [1.82, 2.24) is 0 Å². The monoisotopic (exact) mass is 675 g/mol. The van der Waals surface area contributed by atoms with Crippen LogP contribution in [0.25, 0.3) is 33.4 Å². The van der Waals surface area contributed by atoms with E-state index >= 15 is 0 Å². The average molecular weight is 676 g/mol. The normalized spacial score (nSPS) is 14.2. The third kappa shape index (κ3) is 8.15. The first-order valence-corrected chi connectivity index (χ1v) is 18.3. The second-order valence-corrected chi connectivity index (χ2v) is 13.4. The fraction of sp³-hybridized carbons (Fsp3) is 0.395. The molecule has 2 N–H and O–H groups in total. The van der Waals surface area contributed by atoms with Crippen LogP contribution in [0.4, 0.5) is 5.69 Å². The lowest BCUT2D eigenvalue weighted by Gasteiger charge is -2.23. The number of allylic oxidation sites excluding steroid dienone is 3. The zero-order valence-electron chi connectivity index (χ0n) is 30.5. The number of anilines is 1. The van der Waals surface area contributed by atoms with E-state index in [9.17, 15) is 14.4 Å². The van der Waals surface area contributed by atoms with Crippen molar-refractivity contribution in [2.75, 3.05) is 18.4 Å². The maximum absolute atomic E-state index is 14.3. The van der Waals surface area contributed by atoms with Crippen LogP contribution in [0.5, 0.6) is 0 Å². The molecule has 0 saturated carbocycles. The molecule has 0 bridgehead atoms. The van der Waals surface area contributed by atoms with Crippen LogP contribution in [0.2, 0.25) is 0 Å². The number of ether oxygens (including phenoxy) is 1. The molecule has 0 fully saturated rings. The lowest BCUT2D eigenvalue weighted by molar-refractivity contribution is -0.496. The predicted octanol–water partition coefficient (Wildman–Crippen LogP) is 7.95. The molecule has 0 amide bonds. The zero-order chi connectivity index (χ0) is 35.8. The van der Waals surface area contributed by atoms with Crippen LogP contribution in [0.15, 0.2) is 76.2 Å². The molecule has 0 spiro atoms. The Hall–Kier alpha value is -4.78. The molecular formula is C43H51N2O5+. The Balaban J connectivity index is 1.59. The van der Waals surface area contributed by atoms with Crippen LogP contribution in [-0.4, -0.2) is 36.7 Å². The quantitative estimate of drug-likeness (QED) is 0.0575. The number of hydrogen-bond acceptors (Lipinski definition) is 6. The van der Waals surface area contributed by atoms with Crippen molar-refractivity contribution in [2.24, 2.45) is 0 Å². The van der Waals surface area contributed by atoms with Gasteiger partial charge in [0.25, 0.3) is 0 Å². The molecule has 1 heterocycles. The Kier molecular flexibility index (Phi) is 12.2. The molecule has 0 saturated heterocycles. The van der Waals surface area contributed by atoms with Gasteiger partial charge in [0, 0.05) is 51.5 Å². The molecule has 1 atom stereocenters. The van der Waals surface area contributed by atoms with Gasteiger partial charge in [-0.2, -0.15) is 0 Å². The van der Waals surface area contributed by atoms with E-state index in [1.54, 1.807) is 13.0 Å². The lowest BCUT2D eigenvalue weighted by Crippen LogP contribution is -2.76. The Morgan fingerprint density at radius 2 is 1.58 bits per heavy atom. The summed E-state index contributed by atoms with van der Waals surface area (Å²) in [6.07, 6.45) is 9.95. The summed E-state index contributed by atoms with van der Waals surface area (Å²) in [4.78, 5) is 43.7. The number of ketones is 2. The van der Waals surface area contributed by atoms with Gasteiger partial charge in [-0.1, -0.05) is 63.6 Å². The van der Waals surface area contributed by atoms with Crippen molar-refractivity contribution >= 4 is 34.2 Å². The first-order chi connectivity index (χ1) is 24.2. The topological polar surface area (TPSA) is 99.6 Å². The third-order valence-electron chi connectivity index (χ3n) is 9.54. The molecule has 5 rings (SSSR count). The van der Waals surface area contributed by atoms with E-state index < -0.39 is 12.1 Å². The molecule has 3 aliphatic rings. The summed E-state index contributed by atoms with van der Waals surface area (Å²) in [6, 6.07) is 15.7. The summed E-state index contributed by atoms with van der Waals surface area (Å²) >= 11 is 0. The van der Waals surface area contributed by atoms with E-state index in [4.69, 9.17) is 9.15 Å². The predicted molar refractivity (Wildman–Crippen MR) is 200 cm³/mol. The van der Waals surface area contributed by atoms with Gasteiger partial charge in [0.05, 0.1) is 11.6 Å². The number of rotatable bonds is 15. The van der Waals surface area contributed by atoms with Gasteiger partial charge in [-0.25, -0.2) is 9.79 Å². The highest BCUT2D eigenvalue weighted by atomic mass is 16.5. The molecule has 0 radical (unpaired) electrons. The largest absolute Gasteiger partial charge is 0.456 e. The molecular weight excluding hydrogens is 624 g/mol. The highest BCUT2D eigenvalue weighted by molar-refractivity contribution is 6.20. The van der Waals surface area contributed by atoms with Gasteiger partial charge < -0.3 is 14.5 Å². The first kappa shape index (κ1) is 36.5. The number of nitrogens with one attached hydrogen (secondary N) is 2. The molecule has 0 aromatic heterocycles. The van der Waals surface area contributed by atoms with Crippen LogP contribution in [0.3, 0.4) is 0 Å². The molecule has 50 heavy (non-hydrogen) atoms. The van der Waals surface area contributed by atoms with E-state index in [2.05, 4.69) is 57.1 Å². The third-order valence-corrected chi connectivity index (χ3v) is 9.54. The molecule has 2 aromatic rings. The van der Waals surface area contributed by atoms with Crippen molar-refractivity contribution in [3.63, 3.8) is 0 Å². The highest BCUT2D eigenvalue weighted by Crippen LogP contribution is 2.43. The summed E-state index contributed by atoms with van der Waals surface area (Å²) in [5.41, 5.74) is 7.26. The van der Waals surface area contributed by atoms with E-state index in [-0.39, 0.29) is 17.1 Å². The van der Waals surface area contributed by atoms with Crippen molar-refractivity contribution in [3.8, 4) is 22.5 Å². The van der Waals surface area contributed by atoms with Gasteiger partial charge in [-0.3, -0.25) is 9.59 Å². The van der Waals surface area contributed by atoms with Crippen LogP contribution < -0.4 is 15.7 Å². The number of carbonyl (C=O) groups is 3. The van der Waals surface area contributed by atoms with E-state index in [1.807, 2.05) is 30.3 Å². The van der Waals surface area contributed by atoms with E-state index in [0.717, 1.165) is 77.5 Å². The number of aryl methyl sites for hydroxylation is 2. The van der Waals surface area contributed by atoms with Crippen molar-refractivity contribution in [2.45, 2.75) is 99.0 Å². The van der Waals surface area contributed by atoms with Crippen molar-refractivity contribution in [3.05, 3.63) is 93.9 Å². The fourth-order valence-corrected chi connectivity index (χ4v) is 6.82. The second kappa shape index (κ2) is 16.8. The van der Waals surface area contributed by atoms with Gasteiger partial charge in [0.2, 0.25) is 5.36 Å². The molecule has 7 nitrogen and oxygen atoms in total. The van der Waals surface area contributed by atoms with E-state index in [1.165, 1.54) is 31.4 Å². The Morgan fingerprint density at radius 1 is 0.840 bits per heavy atom. The smallest absolute Gasteiger partial charge is 0.339 e. The van der Waals surface area contributed by atoms with Crippen molar-refractivity contribution < 1.29 is 28.5 Å². The summed E-state index contributed by atoms with van der Waals surface area (Å²) in [5.74, 6) is -0.355. The molecule has 262 valence electrons. The Labute approximate surface area is 295 Å². The summed E-state index contributed by atoms with van der Waals surface area (Å²) < 4.78 is 12.8. The molecule has 1 unspecified atom stereocenters. The molecule has 7 heteroatoms. The van der Waals surface area contributed by atoms with Crippen LogP contribution >= 0.6 is 0 Å². The summed E-state index contributed by atoms with van der Waals surface area (Å²) in [5, 5.41) is 5.30. The minimum atomic E-state index is -0.832. The molecule has 2 aliphatic carbocycles. The number of unbranched alkanes of at least 4 members (excludes halogenated alkanes) is 6. The van der Waals surface area contributed by atoms with Gasteiger partial charge in [-0.15, -0.1) is 0 Å². The van der Waals surface area contributed by atoms with E-state index in [0.29, 0.717) is 34.5 Å². The van der Waals surface area contributed by atoms with Gasteiger partial charge in [0.15, 0.2) is 11.6 Å². The maximum Gasteiger partial charge on any atom is 0.339 e.